The van der Waals surface area contributed by atoms with Crippen LogP contribution in [0.25, 0.3) is 0 Å². The summed E-state index contributed by atoms with van der Waals surface area (Å²) in [5, 5.41) is 20.1. The first-order chi connectivity index (χ1) is 19.7. The van der Waals surface area contributed by atoms with Gasteiger partial charge in [0.2, 0.25) is 6.43 Å². The number of hydrogen-bond donors (Lipinski definition) is 3. The summed E-state index contributed by atoms with van der Waals surface area (Å²) in [6.07, 6.45) is -9.22. The average Bonchev–Trinajstić information content (AvgIpc) is 2.94. The van der Waals surface area contributed by atoms with Crippen LogP contribution in [-0.2, 0) is 16.3 Å². The zero-order valence-corrected chi connectivity index (χ0v) is 24.2. The molecule has 0 radical (unpaired) electrons. The van der Waals surface area contributed by atoms with Crippen molar-refractivity contribution in [3.05, 3.63) is 70.2 Å². The molecule has 4 N–H and O–H groups in total. The molecule has 0 spiro atoms. The highest BCUT2D eigenvalue weighted by Crippen LogP contribution is 2.52. The van der Waals surface area contributed by atoms with Gasteiger partial charge in [0.25, 0.3) is 5.92 Å². The molecule has 2 aromatic carbocycles. The quantitative estimate of drug-likeness (QED) is 0.169. The number of anilines is 1. The zero-order valence-electron chi connectivity index (χ0n) is 21.8. The molecular formula is C24H25ClF4N3O8PS. The summed E-state index contributed by atoms with van der Waals surface area (Å²) < 4.78 is 85.4. The van der Waals surface area contributed by atoms with Gasteiger partial charge >= 0.3 is 12.4 Å². The lowest BCUT2D eigenvalue weighted by atomic mass is 9.96. The van der Waals surface area contributed by atoms with E-state index in [2.05, 4.69) is 4.98 Å². The third-order valence-electron chi connectivity index (χ3n) is 5.66. The highest BCUT2D eigenvalue weighted by molar-refractivity contribution is 8.07. The monoisotopic (exact) mass is 657 g/mol. The third kappa shape index (κ3) is 8.02. The van der Waals surface area contributed by atoms with E-state index in [4.69, 9.17) is 52.2 Å². The van der Waals surface area contributed by atoms with Gasteiger partial charge in [-0.2, -0.15) is 4.98 Å². The van der Waals surface area contributed by atoms with Crippen molar-refractivity contribution in [3.8, 4) is 23.0 Å². The van der Waals surface area contributed by atoms with Crippen LogP contribution in [0.2, 0.25) is 5.02 Å². The lowest BCUT2D eigenvalue weighted by Crippen LogP contribution is -2.51. The Morgan fingerprint density at radius 2 is 1.45 bits per heavy atom. The second kappa shape index (κ2) is 13.9. The third-order valence-corrected chi connectivity index (χ3v) is 8.05. The van der Waals surface area contributed by atoms with Crippen molar-refractivity contribution >= 4 is 35.9 Å². The molecule has 0 bridgehead atoms. The summed E-state index contributed by atoms with van der Waals surface area (Å²) in [5.41, 5.74) is 3.98. The number of nitrogens with zero attached hydrogens (tertiary/aromatic N) is 2. The molecular weight excluding hydrogens is 633 g/mol. The Bertz CT molecular complexity index is 1400. The molecule has 0 aliphatic heterocycles. The molecule has 42 heavy (non-hydrogen) atoms. The van der Waals surface area contributed by atoms with Crippen molar-refractivity contribution < 1.29 is 50.8 Å². The number of nitrogen functional groups attached to an aromatic ring is 1. The lowest BCUT2D eigenvalue weighted by Gasteiger charge is -2.33. The molecule has 0 aliphatic carbocycles. The van der Waals surface area contributed by atoms with Crippen molar-refractivity contribution in [2.45, 2.75) is 24.7 Å². The maximum Gasteiger partial charge on any atom is 0.434 e. The molecule has 3 atom stereocenters. The standard InChI is InChI=1S/C24H25ClF4N3O8PS/c1-36-13-3-7-15(8-4-13)39-41(42,40-16-9-5-14(37-2)6-10-16)38-12-17(20(26)27)24(28,29)19(33)22(34)32-11-18(25)21(30)31-23(32)35/h3-11,17,19-20,22,33-34H,12H2,1-2H3,(H2,30,31,35). The number of aliphatic hydroxyl groups excluding tert-OH is 2. The van der Waals surface area contributed by atoms with Crippen LogP contribution >= 0.6 is 18.3 Å². The minimum Gasteiger partial charge on any atom is -0.497 e. The van der Waals surface area contributed by atoms with Gasteiger partial charge < -0.3 is 34.5 Å². The number of rotatable bonds is 14. The smallest absolute Gasteiger partial charge is 0.434 e. The zero-order chi connectivity index (χ0) is 31.2. The molecule has 230 valence electrons. The number of methoxy groups -OCH3 is 2. The number of halogens is 5. The van der Waals surface area contributed by atoms with Gasteiger partial charge in [0.05, 0.1) is 25.8 Å². The minimum atomic E-state index is -4.78. The Kier molecular flexibility index (Phi) is 11.0. The highest BCUT2D eigenvalue weighted by atomic mass is 35.5. The van der Waals surface area contributed by atoms with E-state index in [1.54, 1.807) is 0 Å². The van der Waals surface area contributed by atoms with Crippen LogP contribution in [0.3, 0.4) is 0 Å². The van der Waals surface area contributed by atoms with E-state index >= 15 is 8.78 Å². The Morgan fingerprint density at radius 1 is 1.00 bits per heavy atom. The number of benzene rings is 2. The lowest BCUT2D eigenvalue weighted by molar-refractivity contribution is -0.225. The highest BCUT2D eigenvalue weighted by Gasteiger charge is 2.55. The summed E-state index contributed by atoms with van der Waals surface area (Å²) in [6.45, 7) is -5.67. The average molecular weight is 658 g/mol. The summed E-state index contributed by atoms with van der Waals surface area (Å²) in [4.78, 5) is 15.2. The van der Waals surface area contributed by atoms with E-state index in [1.807, 2.05) is 0 Å². The summed E-state index contributed by atoms with van der Waals surface area (Å²) in [5.74, 6) is -7.38. The largest absolute Gasteiger partial charge is 0.497 e. The minimum absolute atomic E-state index is 0.0376. The number of nitrogens with two attached hydrogens (primary N) is 1. The topological polar surface area (TPSA) is 148 Å². The fraction of sp³-hybridized carbons (Fsp3) is 0.333. The second-order valence-electron chi connectivity index (χ2n) is 8.41. The van der Waals surface area contributed by atoms with Crippen LogP contribution in [0.1, 0.15) is 6.23 Å². The van der Waals surface area contributed by atoms with E-state index in [9.17, 15) is 23.8 Å². The molecule has 3 rings (SSSR count). The van der Waals surface area contributed by atoms with E-state index < -0.39 is 60.5 Å². The van der Waals surface area contributed by atoms with Gasteiger partial charge in [-0.1, -0.05) is 11.6 Å². The number of aromatic nitrogens is 2. The fourth-order valence-electron chi connectivity index (χ4n) is 3.34. The molecule has 0 aliphatic rings. The van der Waals surface area contributed by atoms with Gasteiger partial charge in [-0.15, -0.1) is 0 Å². The van der Waals surface area contributed by atoms with Crippen molar-refractivity contribution in [2.24, 2.45) is 5.92 Å². The van der Waals surface area contributed by atoms with Crippen LogP contribution in [0.15, 0.2) is 59.5 Å². The fourth-order valence-corrected chi connectivity index (χ4v) is 5.44. The Labute approximate surface area is 246 Å². The molecule has 0 saturated carbocycles. The van der Waals surface area contributed by atoms with E-state index in [1.165, 1.54) is 62.8 Å². The Hall–Kier alpha value is -3.14. The summed E-state index contributed by atoms with van der Waals surface area (Å²) >= 11 is 11.1. The predicted molar refractivity (Wildman–Crippen MR) is 147 cm³/mol. The number of alkyl halides is 4. The summed E-state index contributed by atoms with van der Waals surface area (Å²) in [7, 11) is 2.84. The van der Waals surface area contributed by atoms with Crippen molar-refractivity contribution in [3.63, 3.8) is 0 Å². The summed E-state index contributed by atoms with van der Waals surface area (Å²) in [6, 6.07) is 11.5. The van der Waals surface area contributed by atoms with Gasteiger partial charge in [0.1, 0.15) is 34.7 Å². The first-order valence-corrected chi connectivity index (χ1v) is 14.6. The Balaban J connectivity index is 1.89. The second-order valence-corrected chi connectivity index (χ2v) is 11.7. The van der Waals surface area contributed by atoms with Crippen LogP contribution < -0.4 is 29.9 Å². The first-order valence-electron chi connectivity index (χ1n) is 11.7. The van der Waals surface area contributed by atoms with Gasteiger partial charge in [0.15, 0.2) is 12.3 Å². The van der Waals surface area contributed by atoms with Gasteiger partial charge in [-0.25, -0.2) is 22.4 Å². The van der Waals surface area contributed by atoms with Gasteiger partial charge in [-0.3, -0.25) is 9.09 Å². The van der Waals surface area contributed by atoms with Gasteiger partial charge in [-0.05, 0) is 48.5 Å². The van der Waals surface area contributed by atoms with Crippen molar-refractivity contribution in [1.82, 2.24) is 9.55 Å². The molecule has 0 amide bonds. The number of aliphatic hydroxyl groups is 2. The molecule has 3 aromatic rings. The normalized spacial score (nSPS) is 14.2. The maximum absolute atomic E-state index is 15.3. The molecule has 3 unspecified atom stereocenters. The van der Waals surface area contributed by atoms with Crippen molar-refractivity contribution in [1.29, 1.82) is 0 Å². The Morgan fingerprint density at radius 3 is 1.88 bits per heavy atom. The SMILES string of the molecule is COc1ccc(OP(=S)(OCC(C(F)F)C(F)(F)C(O)C(O)n2cc(Cl)c(N)nc2=O)Oc2ccc(OC)cc2)cc1. The first kappa shape index (κ1) is 33.4. The predicted octanol–water partition coefficient (Wildman–Crippen LogP) is 4.26. The number of hydrogen-bond acceptors (Lipinski definition) is 11. The molecule has 1 aromatic heterocycles. The molecule has 18 heteroatoms. The van der Waals surface area contributed by atoms with E-state index in [-0.39, 0.29) is 16.1 Å². The van der Waals surface area contributed by atoms with Gasteiger partial charge in [0, 0.05) is 18.0 Å². The molecule has 1 heterocycles. The van der Waals surface area contributed by atoms with Crippen LogP contribution in [-0.4, -0.2) is 59.0 Å². The van der Waals surface area contributed by atoms with Crippen LogP contribution in [0.4, 0.5) is 23.4 Å². The van der Waals surface area contributed by atoms with Crippen LogP contribution in [0.5, 0.6) is 23.0 Å². The number of ether oxygens (including phenoxy) is 2. The molecule has 0 saturated heterocycles. The van der Waals surface area contributed by atoms with E-state index in [0.717, 1.165) is 0 Å². The molecule has 0 fully saturated rings. The maximum atomic E-state index is 15.3. The van der Waals surface area contributed by atoms with Crippen LogP contribution in [0, 0.1) is 5.92 Å². The molecule has 11 nitrogen and oxygen atoms in total. The van der Waals surface area contributed by atoms with Crippen molar-refractivity contribution in [2.75, 3.05) is 26.6 Å². The van der Waals surface area contributed by atoms with E-state index in [0.29, 0.717) is 17.7 Å².